The molecule has 2 nitrogen and oxygen atoms in total. The number of unbranched alkanes of at least 4 members (excludes halogenated alkanes) is 1. The van der Waals surface area contributed by atoms with Crippen molar-refractivity contribution in [3.63, 3.8) is 0 Å². The van der Waals surface area contributed by atoms with Gasteiger partial charge < -0.3 is 10.2 Å². The first-order valence-corrected chi connectivity index (χ1v) is 6.29. The second kappa shape index (κ2) is 7.24. The van der Waals surface area contributed by atoms with Gasteiger partial charge in [0.25, 0.3) is 0 Å². The summed E-state index contributed by atoms with van der Waals surface area (Å²) in [4.78, 5) is 2.60. The highest BCUT2D eigenvalue weighted by Crippen LogP contribution is 2.12. The van der Waals surface area contributed by atoms with Crippen LogP contribution in [0.25, 0.3) is 0 Å². The van der Waals surface area contributed by atoms with E-state index in [4.69, 9.17) is 0 Å². The van der Waals surface area contributed by atoms with Gasteiger partial charge in [0.15, 0.2) is 0 Å². The molecule has 0 saturated carbocycles. The molecule has 1 saturated heterocycles. The predicted octanol–water partition coefficient (Wildman–Crippen LogP) is 2.11. The first-order valence-electron chi connectivity index (χ1n) is 6.29. The van der Waals surface area contributed by atoms with E-state index in [1.807, 2.05) is 0 Å². The molecule has 1 aliphatic heterocycles. The molecule has 0 aromatic heterocycles. The molecule has 0 aliphatic carbocycles. The Morgan fingerprint density at radius 2 is 2.14 bits per heavy atom. The van der Waals surface area contributed by atoms with Gasteiger partial charge in [-0.15, -0.1) is 0 Å². The second-order valence-electron chi connectivity index (χ2n) is 4.44. The molecule has 0 radical (unpaired) electrons. The first kappa shape index (κ1) is 12.0. The van der Waals surface area contributed by atoms with Gasteiger partial charge >= 0.3 is 0 Å². The van der Waals surface area contributed by atoms with E-state index in [9.17, 15) is 0 Å². The summed E-state index contributed by atoms with van der Waals surface area (Å²) in [5, 5.41) is 3.44. The van der Waals surface area contributed by atoms with E-state index in [1.54, 1.807) is 0 Å². The zero-order chi connectivity index (χ0) is 10.2. The van der Waals surface area contributed by atoms with Crippen LogP contribution in [0.1, 0.15) is 39.5 Å². The quantitative estimate of drug-likeness (QED) is 0.674. The molecule has 0 aromatic carbocycles. The van der Waals surface area contributed by atoms with Gasteiger partial charge in [0.05, 0.1) is 0 Å². The van der Waals surface area contributed by atoms with E-state index in [1.165, 1.54) is 58.4 Å². The van der Waals surface area contributed by atoms with Gasteiger partial charge in [0, 0.05) is 0 Å². The van der Waals surface area contributed by atoms with Gasteiger partial charge in [-0.3, -0.25) is 0 Å². The number of nitrogens with zero attached hydrogens (tertiary/aromatic N) is 1. The molecule has 0 aromatic rings. The van der Waals surface area contributed by atoms with Crippen molar-refractivity contribution in [3.05, 3.63) is 0 Å². The molecule has 84 valence electrons. The topological polar surface area (TPSA) is 15.3 Å². The number of nitrogens with one attached hydrogen (secondary N) is 1. The van der Waals surface area contributed by atoms with Crippen LogP contribution in [0.2, 0.25) is 0 Å². The summed E-state index contributed by atoms with van der Waals surface area (Å²) in [6.07, 6.45) is 5.47. The lowest BCUT2D eigenvalue weighted by atomic mass is 10.0. The standard InChI is InChI=1S/C12H26N2/c1-3-5-9-14(4-2)10-7-12-6-8-13-11-12/h12-13H,3-11H2,1-2H3. The zero-order valence-corrected chi connectivity index (χ0v) is 9.89. The Bertz CT molecular complexity index is 130. The molecule has 14 heavy (non-hydrogen) atoms. The molecule has 1 fully saturated rings. The van der Waals surface area contributed by atoms with E-state index < -0.39 is 0 Å². The van der Waals surface area contributed by atoms with Crippen LogP contribution in [0.5, 0.6) is 0 Å². The van der Waals surface area contributed by atoms with Gasteiger partial charge in [-0.05, 0) is 57.9 Å². The van der Waals surface area contributed by atoms with Crippen LogP contribution in [0, 0.1) is 5.92 Å². The number of rotatable bonds is 7. The van der Waals surface area contributed by atoms with Crippen LogP contribution in [-0.4, -0.2) is 37.6 Å². The van der Waals surface area contributed by atoms with Crippen molar-refractivity contribution in [2.24, 2.45) is 5.92 Å². The molecule has 1 N–H and O–H groups in total. The molecular weight excluding hydrogens is 172 g/mol. The molecule has 1 aliphatic rings. The normalized spacial score (nSPS) is 22.1. The van der Waals surface area contributed by atoms with Crippen LogP contribution in [-0.2, 0) is 0 Å². The molecule has 0 spiro atoms. The van der Waals surface area contributed by atoms with Crippen LogP contribution in [0.4, 0.5) is 0 Å². The monoisotopic (exact) mass is 198 g/mol. The summed E-state index contributed by atoms with van der Waals surface area (Å²) >= 11 is 0. The fourth-order valence-electron chi connectivity index (χ4n) is 2.14. The van der Waals surface area contributed by atoms with Crippen LogP contribution in [0.3, 0.4) is 0 Å². The van der Waals surface area contributed by atoms with Crippen LogP contribution < -0.4 is 5.32 Å². The highest BCUT2D eigenvalue weighted by atomic mass is 15.1. The third kappa shape index (κ3) is 4.43. The van der Waals surface area contributed by atoms with Gasteiger partial charge in [-0.1, -0.05) is 20.3 Å². The largest absolute Gasteiger partial charge is 0.316 e. The molecule has 0 amide bonds. The average Bonchev–Trinajstić information content (AvgIpc) is 2.71. The van der Waals surface area contributed by atoms with Crippen molar-refractivity contribution >= 4 is 0 Å². The lowest BCUT2D eigenvalue weighted by Gasteiger charge is -2.21. The summed E-state index contributed by atoms with van der Waals surface area (Å²) in [5.74, 6) is 0.950. The Labute approximate surface area is 89.1 Å². The van der Waals surface area contributed by atoms with E-state index >= 15 is 0 Å². The molecule has 2 heteroatoms. The summed E-state index contributed by atoms with van der Waals surface area (Å²) in [6, 6.07) is 0. The summed E-state index contributed by atoms with van der Waals surface area (Å²) in [7, 11) is 0. The smallest absolute Gasteiger partial charge is 0.00157 e. The zero-order valence-electron chi connectivity index (χ0n) is 9.89. The van der Waals surface area contributed by atoms with E-state index in [-0.39, 0.29) is 0 Å². The van der Waals surface area contributed by atoms with Crippen molar-refractivity contribution in [2.75, 3.05) is 32.7 Å². The minimum atomic E-state index is 0.950. The fourth-order valence-corrected chi connectivity index (χ4v) is 2.14. The van der Waals surface area contributed by atoms with Crippen LogP contribution in [0.15, 0.2) is 0 Å². The molecule has 1 rings (SSSR count). The third-order valence-corrected chi connectivity index (χ3v) is 3.29. The highest BCUT2D eigenvalue weighted by Gasteiger charge is 2.14. The minimum absolute atomic E-state index is 0.950. The lowest BCUT2D eigenvalue weighted by molar-refractivity contribution is 0.262. The maximum atomic E-state index is 3.44. The van der Waals surface area contributed by atoms with Gasteiger partial charge in [0.2, 0.25) is 0 Å². The van der Waals surface area contributed by atoms with Crippen molar-refractivity contribution in [1.29, 1.82) is 0 Å². The van der Waals surface area contributed by atoms with Crippen molar-refractivity contribution < 1.29 is 0 Å². The average molecular weight is 198 g/mol. The third-order valence-electron chi connectivity index (χ3n) is 3.29. The Balaban J connectivity index is 2.06. The van der Waals surface area contributed by atoms with Crippen molar-refractivity contribution in [3.8, 4) is 0 Å². The van der Waals surface area contributed by atoms with E-state index in [0.29, 0.717) is 0 Å². The van der Waals surface area contributed by atoms with E-state index in [2.05, 4.69) is 24.1 Å². The van der Waals surface area contributed by atoms with Crippen molar-refractivity contribution in [1.82, 2.24) is 10.2 Å². The maximum absolute atomic E-state index is 3.44. The Morgan fingerprint density at radius 1 is 1.29 bits per heavy atom. The highest BCUT2D eigenvalue weighted by molar-refractivity contribution is 4.72. The predicted molar refractivity (Wildman–Crippen MR) is 62.6 cm³/mol. The lowest BCUT2D eigenvalue weighted by Crippen LogP contribution is -2.27. The SMILES string of the molecule is CCCCN(CC)CCC1CCNC1. The van der Waals surface area contributed by atoms with Gasteiger partial charge in [-0.2, -0.15) is 0 Å². The molecular formula is C12H26N2. The van der Waals surface area contributed by atoms with Gasteiger partial charge in [0.1, 0.15) is 0 Å². The number of hydrogen-bond donors (Lipinski definition) is 1. The fraction of sp³-hybridized carbons (Fsp3) is 1.00. The Morgan fingerprint density at radius 3 is 2.71 bits per heavy atom. The molecule has 1 unspecified atom stereocenters. The molecule has 1 atom stereocenters. The second-order valence-corrected chi connectivity index (χ2v) is 4.44. The first-order chi connectivity index (χ1) is 6.86. The Kier molecular flexibility index (Phi) is 6.20. The summed E-state index contributed by atoms with van der Waals surface area (Å²) < 4.78 is 0. The van der Waals surface area contributed by atoms with Crippen molar-refractivity contribution in [2.45, 2.75) is 39.5 Å². The van der Waals surface area contributed by atoms with E-state index in [0.717, 1.165) is 5.92 Å². The number of hydrogen-bond acceptors (Lipinski definition) is 2. The minimum Gasteiger partial charge on any atom is -0.316 e. The van der Waals surface area contributed by atoms with Crippen LogP contribution >= 0.6 is 0 Å². The Hall–Kier alpha value is -0.0800. The summed E-state index contributed by atoms with van der Waals surface area (Å²) in [6.45, 7) is 10.9. The molecule has 0 bridgehead atoms. The summed E-state index contributed by atoms with van der Waals surface area (Å²) in [5.41, 5.74) is 0. The van der Waals surface area contributed by atoms with Gasteiger partial charge in [-0.25, -0.2) is 0 Å². The maximum Gasteiger partial charge on any atom is -0.00157 e. The molecule has 1 heterocycles.